The summed E-state index contributed by atoms with van der Waals surface area (Å²) in [6, 6.07) is 3.51. The van der Waals surface area contributed by atoms with Crippen molar-refractivity contribution in [1.82, 2.24) is 4.98 Å². The molecule has 0 fully saturated rings. The van der Waals surface area contributed by atoms with Gasteiger partial charge in [-0.1, -0.05) is 23.2 Å². The molecule has 0 atom stereocenters. The SMILES string of the molecule is FC(F)(F)c1ccc(OCCCOc2c(Cl)cc(OC(F)(F)C(F)(F)Br)cc2Cl)nc1. The molecule has 0 saturated carbocycles. The third-order valence-electron chi connectivity index (χ3n) is 3.40. The van der Waals surface area contributed by atoms with Gasteiger partial charge in [0.1, 0.15) is 5.75 Å². The Morgan fingerprint density at radius 1 is 0.903 bits per heavy atom. The van der Waals surface area contributed by atoms with Gasteiger partial charge < -0.3 is 14.2 Å². The Morgan fingerprint density at radius 2 is 1.48 bits per heavy atom. The van der Waals surface area contributed by atoms with E-state index in [0.717, 1.165) is 24.3 Å². The summed E-state index contributed by atoms with van der Waals surface area (Å²) in [5, 5.41) is -0.553. The average Bonchev–Trinajstić information content (AvgIpc) is 2.61. The molecule has 1 heterocycles. The van der Waals surface area contributed by atoms with E-state index >= 15 is 0 Å². The van der Waals surface area contributed by atoms with E-state index in [1.165, 1.54) is 15.9 Å². The van der Waals surface area contributed by atoms with Crippen LogP contribution in [0.25, 0.3) is 0 Å². The quantitative estimate of drug-likeness (QED) is 0.184. The van der Waals surface area contributed by atoms with E-state index in [0.29, 0.717) is 6.20 Å². The first kappa shape index (κ1) is 25.6. The third kappa shape index (κ3) is 7.18. The van der Waals surface area contributed by atoms with E-state index in [9.17, 15) is 30.7 Å². The number of nitrogens with zero attached hydrogens (tertiary/aromatic N) is 1. The minimum atomic E-state index is -4.87. The van der Waals surface area contributed by atoms with Crippen molar-refractivity contribution >= 4 is 39.1 Å². The normalized spacial score (nSPS) is 12.6. The molecule has 31 heavy (non-hydrogen) atoms. The summed E-state index contributed by atoms with van der Waals surface area (Å²) >= 11 is 13.3. The maximum Gasteiger partial charge on any atom is 0.475 e. The van der Waals surface area contributed by atoms with Gasteiger partial charge in [-0.15, -0.1) is 0 Å². The van der Waals surface area contributed by atoms with Crippen LogP contribution < -0.4 is 14.2 Å². The second-order valence-electron chi connectivity index (χ2n) is 5.77. The highest BCUT2D eigenvalue weighted by molar-refractivity contribution is 9.10. The molecule has 0 amide bonds. The topological polar surface area (TPSA) is 40.6 Å². The predicted molar refractivity (Wildman–Crippen MR) is 101 cm³/mol. The number of ether oxygens (including phenoxy) is 3. The smallest absolute Gasteiger partial charge is 0.475 e. The summed E-state index contributed by atoms with van der Waals surface area (Å²) in [5.74, 6) is -0.865. The van der Waals surface area contributed by atoms with Gasteiger partial charge in [-0.3, -0.25) is 0 Å². The van der Waals surface area contributed by atoms with E-state index in [1.54, 1.807) is 0 Å². The van der Waals surface area contributed by atoms with E-state index in [2.05, 4.69) is 9.72 Å². The second kappa shape index (κ2) is 9.86. The maximum absolute atomic E-state index is 13.3. The Kier molecular flexibility index (Phi) is 8.15. The van der Waals surface area contributed by atoms with Crippen molar-refractivity contribution in [3.8, 4) is 17.4 Å². The summed E-state index contributed by atoms with van der Waals surface area (Å²) in [7, 11) is 0. The zero-order valence-corrected chi connectivity index (χ0v) is 18.1. The Hall–Kier alpha value is -1.66. The van der Waals surface area contributed by atoms with Crippen molar-refractivity contribution in [2.45, 2.75) is 23.5 Å². The Balaban J connectivity index is 1.87. The predicted octanol–water partition coefficient (Wildman–Crippen LogP) is 7.21. The van der Waals surface area contributed by atoms with Crippen LogP contribution in [0.4, 0.5) is 30.7 Å². The molecule has 0 aliphatic rings. The molecular formula is C17H11BrCl2F7NO3. The molecule has 0 N–H and O–H groups in total. The number of rotatable bonds is 9. The lowest BCUT2D eigenvalue weighted by atomic mass is 10.3. The highest BCUT2D eigenvalue weighted by Crippen LogP contribution is 2.43. The monoisotopic (exact) mass is 559 g/mol. The first-order chi connectivity index (χ1) is 14.2. The van der Waals surface area contributed by atoms with Gasteiger partial charge in [0.2, 0.25) is 5.88 Å². The van der Waals surface area contributed by atoms with E-state index < -0.39 is 28.4 Å². The lowest BCUT2D eigenvalue weighted by molar-refractivity contribution is -0.266. The van der Waals surface area contributed by atoms with Crippen molar-refractivity contribution in [1.29, 1.82) is 0 Å². The Labute approximate surface area is 189 Å². The number of halogens is 10. The third-order valence-corrected chi connectivity index (χ3v) is 4.42. The molecule has 1 aromatic heterocycles. The zero-order chi connectivity index (χ0) is 23.4. The van der Waals surface area contributed by atoms with Crippen molar-refractivity contribution < 1.29 is 44.9 Å². The number of hydrogen-bond acceptors (Lipinski definition) is 4. The molecule has 14 heteroatoms. The minimum Gasteiger partial charge on any atom is -0.490 e. The molecule has 172 valence electrons. The number of pyridine rings is 1. The van der Waals surface area contributed by atoms with Crippen molar-refractivity contribution in [3.05, 3.63) is 46.1 Å². The summed E-state index contributed by atoms with van der Waals surface area (Å²) in [5.41, 5.74) is -0.919. The van der Waals surface area contributed by atoms with Gasteiger partial charge in [-0.05, 0) is 6.07 Å². The van der Waals surface area contributed by atoms with Crippen LogP contribution >= 0.6 is 39.1 Å². The van der Waals surface area contributed by atoms with Gasteiger partial charge in [-0.2, -0.15) is 30.7 Å². The Bertz CT molecular complexity index is 870. The van der Waals surface area contributed by atoms with E-state index in [-0.39, 0.29) is 41.3 Å². The first-order valence-electron chi connectivity index (χ1n) is 8.12. The van der Waals surface area contributed by atoms with Crippen LogP contribution in [-0.4, -0.2) is 29.1 Å². The van der Waals surface area contributed by atoms with Gasteiger partial charge in [0, 0.05) is 46.7 Å². The second-order valence-corrected chi connectivity index (χ2v) is 7.58. The lowest BCUT2D eigenvalue weighted by Gasteiger charge is -2.22. The number of benzene rings is 1. The number of aromatic nitrogens is 1. The van der Waals surface area contributed by atoms with Crippen LogP contribution in [0, 0.1) is 0 Å². The van der Waals surface area contributed by atoms with Crippen molar-refractivity contribution in [2.75, 3.05) is 13.2 Å². The summed E-state index contributed by atoms with van der Waals surface area (Å²) in [4.78, 5) is -1.10. The molecule has 0 radical (unpaired) electrons. The van der Waals surface area contributed by atoms with Crippen LogP contribution in [-0.2, 0) is 6.18 Å². The molecule has 2 aromatic rings. The molecule has 1 aromatic carbocycles. The summed E-state index contributed by atoms with van der Waals surface area (Å²) < 4.78 is 104. The molecule has 4 nitrogen and oxygen atoms in total. The largest absolute Gasteiger partial charge is 0.490 e. The molecule has 0 aliphatic carbocycles. The molecular weight excluding hydrogens is 550 g/mol. The minimum absolute atomic E-state index is 0.0152. The lowest BCUT2D eigenvalue weighted by Crippen LogP contribution is -2.40. The van der Waals surface area contributed by atoms with Gasteiger partial charge in [0.25, 0.3) is 0 Å². The van der Waals surface area contributed by atoms with Crippen LogP contribution in [0.5, 0.6) is 17.4 Å². The average molecular weight is 561 g/mol. The van der Waals surface area contributed by atoms with Crippen LogP contribution in [0.1, 0.15) is 12.0 Å². The summed E-state index contributed by atoms with van der Waals surface area (Å²) in [6.45, 7) is -0.0166. The van der Waals surface area contributed by atoms with Crippen LogP contribution in [0.15, 0.2) is 30.5 Å². The highest BCUT2D eigenvalue weighted by Gasteiger charge is 2.57. The molecule has 0 unspecified atom stereocenters. The van der Waals surface area contributed by atoms with E-state index in [4.69, 9.17) is 32.7 Å². The molecule has 0 saturated heterocycles. The molecule has 2 rings (SSSR count). The molecule has 0 spiro atoms. The van der Waals surface area contributed by atoms with Crippen molar-refractivity contribution in [2.24, 2.45) is 0 Å². The number of hydrogen-bond donors (Lipinski definition) is 0. The summed E-state index contributed by atoms with van der Waals surface area (Å²) in [6.07, 6.45) is -8.53. The maximum atomic E-state index is 13.3. The van der Waals surface area contributed by atoms with Crippen molar-refractivity contribution in [3.63, 3.8) is 0 Å². The standard InChI is InChI=1S/C17H11BrCl2F7NO3/c18-16(24,25)17(26,27)31-10-6-11(19)14(12(20)7-10)30-5-1-4-29-13-3-2-9(8-28-13)15(21,22)23/h2-3,6-8H,1,4-5H2. The van der Waals surface area contributed by atoms with Crippen LogP contribution in [0.2, 0.25) is 10.0 Å². The molecule has 0 aliphatic heterocycles. The fourth-order valence-corrected chi connectivity index (χ4v) is 2.64. The number of alkyl halides is 8. The van der Waals surface area contributed by atoms with Gasteiger partial charge in [-0.25, -0.2) is 4.98 Å². The van der Waals surface area contributed by atoms with E-state index in [1.807, 2.05) is 0 Å². The molecule has 0 bridgehead atoms. The van der Waals surface area contributed by atoms with Gasteiger partial charge in [0.05, 0.1) is 28.8 Å². The van der Waals surface area contributed by atoms with Gasteiger partial charge in [0.15, 0.2) is 5.75 Å². The fraction of sp³-hybridized carbons (Fsp3) is 0.353. The Morgan fingerprint density at radius 3 is 1.97 bits per heavy atom. The fourth-order valence-electron chi connectivity index (χ4n) is 1.98. The first-order valence-corrected chi connectivity index (χ1v) is 9.67. The highest BCUT2D eigenvalue weighted by atomic mass is 79.9. The van der Waals surface area contributed by atoms with Crippen LogP contribution in [0.3, 0.4) is 0 Å². The van der Waals surface area contributed by atoms with Gasteiger partial charge >= 0.3 is 17.1 Å². The zero-order valence-electron chi connectivity index (χ0n) is 15.0.